The van der Waals surface area contributed by atoms with Crippen molar-refractivity contribution in [3.05, 3.63) is 36.2 Å². The van der Waals surface area contributed by atoms with Gasteiger partial charge in [-0.1, -0.05) is 11.6 Å². The number of carbonyl (C=O) groups is 1. The molecule has 6 nitrogen and oxygen atoms in total. The number of hydrogen-bond acceptors (Lipinski definition) is 5. The molecule has 1 aromatic rings. The second-order valence-electron chi connectivity index (χ2n) is 8.75. The van der Waals surface area contributed by atoms with Gasteiger partial charge in [-0.2, -0.15) is 0 Å². The van der Waals surface area contributed by atoms with Crippen LogP contribution in [0.2, 0.25) is 0 Å². The van der Waals surface area contributed by atoms with Crippen molar-refractivity contribution in [2.75, 3.05) is 44.2 Å². The molecule has 1 atom stereocenters. The van der Waals surface area contributed by atoms with Crippen LogP contribution in [0.25, 0.3) is 0 Å². The second kappa shape index (κ2) is 7.48. The summed E-state index contributed by atoms with van der Waals surface area (Å²) in [7, 11) is 0. The third kappa shape index (κ3) is 3.55. The van der Waals surface area contributed by atoms with Crippen molar-refractivity contribution in [3.8, 4) is 0 Å². The lowest BCUT2D eigenvalue weighted by Gasteiger charge is -2.39. The monoisotopic (exact) mass is 382 g/mol. The number of carbonyl (C=O) groups excluding carboxylic acids is 1. The molecule has 3 fully saturated rings. The molecule has 4 heterocycles. The number of piperidine rings is 1. The van der Waals surface area contributed by atoms with E-state index in [1.165, 1.54) is 36.9 Å². The Morgan fingerprint density at radius 1 is 1.18 bits per heavy atom. The summed E-state index contributed by atoms with van der Waals surface area (Å²) in [5, 5.41) is 0. The van der Waals surface area contributed by atoms with Crippen LogP contribution >= 0.6 is 0 Å². The number of piperazine rings is 1. The number of pyridine rings is 1. The summed E-state index contributed by atoms with van der Waals surface area (Å²) in [5.74, 6) is 0.237. The number of amides is 1. The van der Waals surface area contributed by atoms with Crippen molar-refractivity contribution >= 4 is 11.6 Å². The molecular weight excluding hydrogens is 352 g/mol. The molecule has 0 bridgehead atoms. The lowest BCUT2D eigenvalue weighted by molar-refractivity contribution is -0.148. The quantitative estimate of drug-likeness (QED) is 0.752. The molecule has 28 heavy (non-hydrogen) atoms. The van der Waals surface area contributed by atoms with Crippen LogP contribution in [0.5, 0.6) is 0 Å². The number of anilines is 1. The number of hydrogen-bond donors (Lipinski definition) is 0. The average molecular weight is 383 g/mol. The van der Waals surface area contributed by atoms with Crippen LogP contribution < -0.4 is 4.90 Å². The fourth-order valence-electron chi connectivity index (χ4n) is 5.21. The standard InChI is InChI=1S/C22H30N4O2/c27-20-15-24(14-18-4-2-1-3-5-18)16-21-26(20)17-22(28-21)8-12-25(13-9-22)19-6-10-23-11-7-19/h4,6-7,10-11,21H,1-3,5,8-9,12-17H2. The molecule has 0 aromatic carbocycles. The van der Waals surface area contributed by atoms with Crippen LogP contribution in [0.3, 0.4) is 0 Å². The lowest BCUT2D eigenvalue weighted by Crippen LogP contribution is -2.54. The fraction of sp³-hybridized carbons (Fsp3) is 0.636. The molecule has 3 aliphatic heterocycles. The summed E-state index contributed by atoms with van der Waals surface area (Å²) >= 11 is 0. The highest BCUT2D eigenvalue weighted by Crippen LogP contribution is 2.38. The molecule has 1 unspecified atom stereocenters. The predicted octanol–water partition coefficient (Wildman–Crippen LogP) is 2.42. The normalized spacial score (nSPS) is 27.8. The molecule has 0 saturated carbocycles. The average Bonchev–Trinajstić information content (AvgIpc) is 3.08. The van der Waals surface area contributed by atoms with Crippen LogP contribution in [0.1, 0.15) is 38.5 Å². The molecule has 1 aliphatic carbocycles. The number of fused-ring (bicyclic) bond motifs is 1. The van der Waals surface area contributed by atoms with Crippen LogP contribution in [-0.2, 0) is 9.53 Å². The molecule has 1 aromatic heterocycles. The Morgan fingerprint density at radius 2 is 2.00 bits per heavy atom. The Balaban J connectivity index is 1.21. The van der Waals surface area contributed by atoms with Crippen molar-refractivity contribution in [1.29, 1.82) is 0 Å². The molecule has 0 N–H and O–H groups in total. The maximum atomic E-state index is 12.8. The van der Waals surface area contributed by atoms with E-state index in [1.54, 1.807) is 0 Å². The Bertz CT molecular complexity index is 742. The zero-order chi connectivity index (χ0) is 19.0. The predicted molar refractivity (Wildman–Crippen MR) is 108 cm³/mol. The van der Waals surface area contributed by atoms with E-state index in [9.17, 15) is 4.79 Å². The van der Waals surface area contributed by atoms with E-state index < -0.39 is 0 Å². The third-order valence-electron chi connectivity index (χ3n) is 6.80. The Labute approximate surface area is 167 Å². The SMILES string of the molecule is O=C1CN(CC2=CCCCC2)CC2OC3(CCN(c4ccncc4)CC3)CN12. The van der Waals surface area contributed by atoms with Crippen molar-refractivity contribution in [2.45, 2.75) is 50.4 Å². The van der Waals surface area contributed by atoms with Crippen LogP contribution in [0, 0.1) is 0 Å². The maximum Gasteiger partial charge on any atom is 0.238 e. The van der Waals surface area contributed by atoms with Gasteiger partial charge in [-0.05, 0) is 50.7 Å². The van der Waals surface area contributed by atoms with Gasteiger partial charge in [-0.15, -0.1) is 0 Å². The van der Waals surface area contributed by atoms with E-state index in [1.807, 2.05) is 17.3 Å². The van der Waals surface area contributed by atoms with Gasteiger partial charge in [0.15, 0.2) is 0 Å². The minimum atomic E-state index is -0.163. The van der Waals surface area contributed by atoms with Gasteiger partial charge in [0.25, 0.3) is 0 Å². The number of ether oxygens (including phenoxy) is 1. The molecule has 0 radical (unpaired) electrons. The van der Waals surface area contributed by atoms with E-state index >= 15 is 0 Å². The minimum absolute atomic E-state index is 0.0714. The first-order valence-corrected chi connectivity index (χ1v) is 10.7. The lowest BCUT2D eigenvalue weighted by atomic mass is 9.91. The molecule has 1 amide bonds. The van der Waals surface area contributed by atoms with Crippen LogP contribution in [-0.4, -0.2) is 71.8 Å². The first-order chi connectivity index (χ1) is 13.7. The fourth-order valence-corrected chi connectivity index (χ4v) is 5.21. The largest absolute Gasteiger partial charge is 0.371 e. The van der Waals surface area contributed by atoms with E-state index in [-0.39, 0.29) is 17.7 Å². The van der Waals surface area contributed by atoms with Gasteiger partial charge in [0.05, 0.1) is 18.7 Å². The highest BCUT2D eigenvalue weighted by molar-refractivity contribution is 5.79. The summed E-state index contributed by atoms with van der Waals surface area (Å²) in [6, 6.07) is 4.14. The number of allylic oxidation sites excluding steroid dienone is 1. The van der Waals surface area contributed by atoms with E-state index in [0.29, 0.717) is 6.54 Å². The number of aromatic nitrogens is 1. The van der Waals surface area contributed by atoms with Gasteiger partial charge >= 0.3 is 0 Å². The molecule has 5 rings (SSSR count). The first kappa shape index (κ1) is 18.1. The molecule has 1 spiro atoms. The number of rotatable bonds is 3. The van der Waals surface area contributed by atoms with E-state index in [0.717, 1.165) is 45.6 Å². The van der Waals surface area contributed by atoms with Crippen molar-refractivity contribution < 1.29 is 9.53 Å². The van der Waals surface area contributed by atoms with Gasteiger partial charge < -0.3 is 14.5 Å². The minimum Gasteiger partial charge on any atom is -0.371 e. The molecule has 6 heteroatoms. The molecular formula is C22H30N4O2. The van der Waals surface area contributed by atoms with Gasteiger partial charge in [0.1, 0.15) is 6.23 Å². The van der Waals surface area contributed by atoms with Crippen molar-refractivity contribution in [1.82, 2.24) is 14.8 Å². The highest BCUT2D eigenvalue weighted by atomic mass is 16.5. The second-order valence-corrected chi connectivity index (χ2v) is 8.75. The summed E-state index contributed by atoms with van der Waals surface area (Å²) in [4.78, 5) is 23.6. The summed E-state index contributed by atoms with van der Waals surface area (Å²) in [6.45, 7) is 5.01. The smallest absolute Gasteiger partial charge is 0.238 e. The molecule has 150 valence electrons. The van der Waals surface area contributed by atoms with Crippen LogP contribution in [0.15, 0.2) is 36.2 Å². The highest BCUT2D eigenvalue weighted by Gasteiger charge is 2.50. The zero-order valence-electron chi connectivity index (χ0n) is 16.6. The Morgan fingerprint density at radius 3 is 2.75 bits per heavy atom. The van der Waals surface area contributed by atoms with Crippen molar-refractivity contribution in [2.24, 2.45) is 0 Å². The van der Waals surface area contributed by atoms with Crippen molar-refractivity contribution in [3.63, 3.8) is 0 Å². The number of nitrogens with zero attached hydrogens (tertiary/aromatic N) is 4. The van der Waals surface area contributed by atoms with Gasteiger partial charge in [-0.25, -0.2) is 0 Å². The zero-order valence-corrected chi connectivity index (χ0v) is 16.6. The van der Waals surface area contributed by atoms with E-state index in [2.05, 4.69) is 33.0 Å². The summed E-state index contributed by atoms with van der Waals surface area (Å²) in [6.07, 6.45) is 12.9. The molecule has 4 aliphatic rings. The maximum absolute atomic E-state index is 12.8. The first-order valence-electron chi connectivity index (χ1n) is 10.7. The van der Waals surface area contributed by atoms with Crippen LogP contribution in [0.4, 0.5) is 5.69 Å². The van der Waals surface area contributed by atoms with Gasteiger partial charge in [-0.3, -0.25) is 14.7 Å². The molecule has 3 saturated heterocycles. The van der Waals surface area contributed by atoms with Gasteiger partial charge in [0, 0.05) is 44.3 Å². The summed E-state index contributed by atoms with van der Waals surface area (Å²) in [5.41, 5.74) is 2.57. The Hall–Kier alpha value is -1.92. The third-order valence-corrected chi connectivity index (χ3v) is 6.80. The van der Waals surface area contributed by atoms with E-state index in [4.69, 9.17) is 4.74 Å². The Kier molecular flexibility index (Phi) is 4.85. The topological polar surface area (TPSA) is 48.9 Å². The van der Waals surface area contributed by atoms with Gasteiger partial charge in [0.2, 0.25) is 5.91 Å². The summed E-state index contributed by atoms with van der Waals surface area (Å²) < 4.78 is 6.57.